The van der Waals surface area contributed by atoms with Crippen LogP contribution in [0.2, 0.25) is 0 Å². The Balaban J connectivity index is 1.14. The molecule has 2 saturated heterocycles. The number of hydrogen-bond acceptors (Lipinski definition) is 3. The third kappa shape index (κ3) is 3.63. The van der Waals surface area contributed by atoms with E-state index in [9.17, 15) is 0 Å². The molecule has 142 valence electrons. The summed E-state index contributed by atoms with van der Waals surface area (Å²) in [7, 11) is 0. The molecule has 0 radical (unpaired) electrons. The Kier molecular flexibility index (Phi) is 4.66. The molecule has 0 saturated carbocycles. The number of piperidine rings is 1. The van der Waals surface area contributed by atoms with E-state index in [0.717, 1.165) is 44.7 Å². The maximum absolute atomic E-state index is 6.29. The Labute approximate surface area is 162 Å². The molecule has 3 nitrogen and oxygen atoms in total. The summed E-state index contributed by atoms with van der Waals surface area (Å²) in [5.41, 5.74) is 3.20. The third-order valence-corrected chi connectivity index (χ3v) is 6.72. The third-order valence-electron chi connectivity index (χ3n) is 6.72. The van der Waals surface area contributed by atoms with Crippen molar-refractivity contribution in [2.75, 3.05) is 26.2 Å². The van der Waals surface area contributed by atoms with Gasteiger partial charge in [-0.25, -0.2) is 0 Å². The maximum Gasteiger partial charge on any atom is 0.125 e. The van der Waals surface area contributed by atoms with Crippen molar-refractivity contribution < 1.29 is 9.47 Å². The van der Waals surface area contributed by atoms with Crippen LogP contribution in [-0.2, 0) is 11.2 Å². The lowest BCUT2D eigenvalue weighted by Gasteiger charge is -2.39. The first-order chi connectivity index (χ1) is 13.3. The van der Waals surface area contributed by atoms with Gasteiger partial charge in [-0.15, -0.1) is 0 Å². The molecule has 0 bridgehead atoms. The van der Waals surface area contributed by atoms with E-state index in [1.807, 2.05) is 30.3 Å². The molecule has 2 aromatic rings. The second-order valence-electron chi connectivity index (χ2n) is 8.49. The van der Waals surface area contributed by atoms with Gasteiger partial charge in [0.15, 0.2) is 0 Å². The summed E-state index contributed by atoms with van der Waals surface area (Å²) < 4.78 is 12.4. The van der Waals surface area contributed by atoms with Gasteiger partial charge in [0.25, 0.3) is 0 Å². The van der Waals surface area contributed by atoms with Crippen LogP contribution in [0.5, 0.6) is 5.75 Å². The smallest absolute Gasteiger partial charge is 0.125 e. The molecule has 2 aliphatic heterocycles. The highest BCUT2D eigenvalue weighted by molar-refractivity contribution is 5.35. The van der Waals surface area contributed by atoms with Gasteiger partial charge in [-0.3, -0.25) is 0 Å². The predicted molar refractivity (Wildman–Crippen MR) is 107 cm³/mol. The van der Waals surface area contributed by atoms with E-state index in [4.69, 9.17) is 9.47 Å². The van der Waals surface area contributed by atoms with Crippen LogP contribution >= 0.6 is 0 Å². The average molecular weight is 364 g/mol. The SMILES string of the molecule is c1ccc(O[C@@H]2COC3(CCN(C[C@@H]4CCc5ccccc54)CC3)C2)cc1. The van der Waals surface area contributed by atoms with Crippen molar-refractivity contribution in [3.63, 3.8) is 0 Å². The standard InChI is InChI=1S/C24H29NO2/c1-2-7-21(8-3-1)27-22-16-24(26-18-22)12-14-25(15-13-24)17-20-11-10-19-6-4-5-9-23(19)20/h1-9,20,22H,10-18H2/t20-,22-/m0/s1. The highest BCUT2D eigenvalue weighted by Crippen LogP contribution is 2.39. The highest BCUT2D eigenvalue weighted by Gasteiger charge is 2.44. The summed E-state index contributed by atoms with van der Waals surface area (Å²) in [4.78, 5) is 2.66. The zero-order valence-corrected chi connectivity index (χ0v) is 16.0. The van der Waals surface area contributed by atoms with Gasteiger partial charge >= 0.3 is 0 Å². The molecule has 2 aromatic carbocycles. The van der Waals surface area contributed by atoms with Crippen LogP contribution < -0.4 is 4.74 Å². The second-order valence-corrected chi connectivity index (χ2v) is 8.49. The minimum atomic E-state index is 0.0452. The lowest BCUT2D eigenvalue weighted by atomic mass is 9.87. The van der Waals surface area contributed by atoms with Crippen molar-refractivity contribution in [3.8, 4) is 5.75 Å². The summed E-state index contributed by atoms with van der Waals surface area (Å²) in [5.74, 6) is 1.68. The number of nitrogens with zero attached hydrogens (tertiary/aromatic N) is 1. The number of rotatable bonds is 4. The fraction of sp³-hybridized carbons (Fsp3) is 0.500. The Morgan fingerprint density at radius 2 is 1.78 bits per heavy atom. The van der Waals surface area contributed by atoms with Gasteiger partial charge in [0.1, 0.15) is 11.9 Å². The number of ether oxygens (including phenoxy) is 2. The molecular weight excluding hydrogens is 334 g/mol. The van der Waals surface area contributed by atoms with Gasteiger partial charge in [-0.05, 0) is 54.9 Å². The lowest BCUT2D eigenvalue weighted by molar-refractivity contribution is -0.0448. The van der Waals surface area contributed by atoms with E-state index < -0.39 is 0 Å². The van der Waals surface area contributed by atoms with Gasteiger partial charge in [0, 0.05) is 26.1 Å². The molecule has 0 unspecified atom stereocenters. The molecule has 27 heavy (non-hydrogen) atoms. The van der Waals surface area contributed by atoms with E-state index in [-0.39, 0.29) is 11.7 Å². The van der Waals surface area contributed by atoms with Crippen molar-refractivity contribution in [1.82, 2.24) is 4.90 Å². The fourth-order valence-electron chi connectivity index (χ4n) is 5.21. The van der Waals surface area contributed by atoms with Gasteiger partial charge in [0.05, 0.1) is 12.2 Å². The summed E-state index contributed by atoms with van der Waals surface area (Å²) in [6.45, 7) is 4.23. The summed E-state index contributed by atoms with van der Waals surface area (Å²) in [6.07, 6.45) is 6.05. The minimum Gasteiger partial charge on any atom is -0.488 e. The fourth-order valence-corrected chi connectivity index (χ4v) is 5.21. The zero-order chi connectivity index (χ0) is 18.1. The van der Waals surface area contributed by atoms with Crippen molar-refractivity contribution in [1.29, 1.82) is 0 Å². The molecule has 2 atom stereocenters. The first-order valence-corrected chi connectivity index (χ1v) is 10.5. The van der Waals surface area contributed by atoms with E-state index >= 15 is 0 Å². The average Bonchev–Trinajstić information content (AvgIpc) is 3.29. The lowest BCUT2D eigenvalue weighted by Crippen LogP contribution is -2.45. The highest BCUT2D eigenvalue weighted by atomic mass is 16.6. The largest absolute Gasteiger partial charge is 0.488 e. The number of benzene rings is 2. The number of aryl methyl sites for hydroxylation is 1. The molecule has 3 heteroatoms. The second kappa shape index (κ2) is 7.29. The Morgan fingerprint density at radius 3 is 2.63 bits per heavy atom. The summed E-state index contributed by atoms with van der Waals surface area (Å²) in [6, 6.07) is 19.2. The van der Waals surface area contributed by atoms with Crippen molar-refractivity contribution in [2.24, 2.45) is 0 Å². The van der Waals surface area contributed by atoms with Crippen LogP contribution in [0.25, 0.3) is 0 Å². The molecule has 1 spiro atoms. The number of likely N-dealkylation sites (tertiary alicyclic amines) is 1. The van der Waals surface area contributed by atoms with Crippen molar-refractivity contribution in [3.05, 3.63) is 65.7 Å². The molecule has 0 N–H and O–H groups in total. The topological polar surface area (TPSA) is 21.7 Å². The summed E-state index contributed by atoms with van der Waals surface area (Å²) in [5, 5.41) is 0. The molecule has 1 aliphatic carbocycles. The molecule has 0 aromatic heterocycles. The first kappa shape index (κ1) is 17.3. The Morgan fingerprint density at radius 1 is 1.00 bits per heavy atom. The molecule has 0 amide bonds. The maximum atomic E-state index is 6.29. The Bertz CT molecular complexity index is 767. The van der Waals surface area contributed by atoms with Crippen LogP contribution in [0.15, 0.2) is 54.6 Å². The molecule has 2 heterocycles. The molecule has 3 aliphatic rings. The Hall–Kier alpha value is -1.84. The quantitative estimate of drug-likeness (QED) is 0.803. The van der Waals surface area contributed by atoms with E-state index in [1.54, 1.807) is 11.1 Å². The minimum absolute atomic E-state index is 0.0452. The van der Waals surface area contributed by atoms with E-state index in [1.165, 1.54) is 19.4 Å². The zero-order valence-electron chi connectivity index (χ0n) is 16.0. The van der Waals surface area contributed by atoms with Gasteiger partial charge in [-0.2, -0.15) is 0 Å². The van der Waals surface area contributed by atoms with Crippen LogP contribution in [0.3, 0.4) is 0 Å². The van der Waals surface area contributed by atoms with Crippen molar-refractivity contribution >= 4 is 0 Å². The molecular formula is C24H29NO2. The van der Waals surface area contributed by atoms with E-state index in [2.05, 4.69) is 29.2 Å². The van der Waals surface area contributed by atoms with Gasteiger partial charge in [0.2, 0.25) is 0 Å². The molecule has 5 rings (SSSR count). The van der Waals surface area contributed by atoms with Gasteiger partial charge in [-0.1, -0.05) is 42.5 Å². The number of hydrogen-bond donors (Lipinski definition) is 0. The first-order valence-electron chi connectivity index (χ1n) is 10.5. The van der Waals surface area contributed by atoms with Crippen LogP contribution in [0.4, 0.5) is 0 Å². The van der Waals surface area contributed by atoms with Crippen LogP contribution in [-0.4, -0.2) is 42.8 Å². The van der Waals surface area contributed by atoms with Crippen LogP contribution in [0, 0.1) is 0 Å². The summed E-state index contributed by atoms with van der Waals surface area (Å²) >= 11 is 0. The number of fused-ring (bicyclic) bond motifs is 1. The molecule has 2 fully saturated rings. The number of para-hydroxylation sites is 1. The van der Waals surface area contributed by atoms with Crippen molar-refractivity contribution in [2.45, 2.75) is 49.7 Å². The monoisotopic (exact) mass is 363 g/mol. The van der Waals surface area contributed by atoms with Gasteiger partial charge < -0.3 is 14.4 Å². The van der Waals surface area contributed by atoms with Crippen LogP contribution in [0.1, 0.15) is 42.7 Å². The normalized spacial score (nSPS) is 27.0. The predicted octanol–water partition coefficient (Wildman–Crippen LogP) is 4.42. The van der Waals surface area contributed by atoms with E-state index in [0.29, 0.717) is 5.92 Å².